The molecule has 0 aliphatic carbocycles. The first-order chi connectivity index (χ1) is 8.53. The van der Waals surface area contributed by atoms with E-state index in [2.05, 4.69) is 15.9 Å². The molecule has 102 valence electrons. The van der Waals surface area contributed by atoms with E-state index >= 15 is 0 Å². The summed E-state index contributed by atoms with van der Waals surface area (Å²) in [6.07, 6.45) is 0.746. The fraction of sp³-hybridized carbons (Fsp3) is 0.538. The number of rotatable bonds is 6. The highest BCUT2D eigenvalue weighted by Crippen LogP contribution is 2.41. The lowest BCUT2D eigenvalue weighted by Gasteiger charge is -2.30. The summed E-state index contributed by atoms with van der Waals surface area (Å²) in [5, 5.41) is 0. The molecule has 1 aromatic carbocycles. The van der Waals surface area contributed by atoms with Crippen molar-refractivity contribution in [2.75, 3.05) is 27.9 Å². The number of halogens is 1. The van der Waals surface area contributed by atoms with Gasteiger partial charge in [-0.3, -0.25) is 0 Å². The number of hydrogen-bond donors (Lipinski definition) is 1. The summed E-state index contributed by atoms with van der Waals surface area (Å²) in [5.41, 5.74) is 6.73. The maximum atomic E-state index is 6.40. The van der Waals surface area contributed by atoms with Crippen molar-refractivity contribution >= 4 is 15.9 Å². The second kappa shape index (κ2) is 6.41. The van der Waals surface area contributed by atoms with Gasteiger partial charge in [0.05, 0.1) is 26.4 Å². The largest absolute Gasteiger partial charge is 0.495 e. The summed E-state index contributed by atoms with van der Waals surface area (Å²) in [5.74, 6) is 1.40. The van der Waals surface area contributed by atoms with Crippen LogP contribution < -0.4 is 15.2 Å². The van der Waals surface area contributed by atoms with E-state index in [1.54, 1.807) is 21.3 Å². The summed E-state index contributed by atoms with van der Waals surface area (Å²) < 4.78 is 16.7. The van der Waals surface area contributed by atoms with Crippen molar-refractivity contribution in [3.8, 4) is 11.5 Å². The predicted octanol–water partition coefficient (Wildman–Crippen LogP) is 2.68. The van der Waals surface area contributed by atoms with E-state index in [1.807, 2.05) is 19.1 Å². The van der Waals surface area contributed by atoms with Crippen molar-refractivity contribution < 1.29 is 14.2 Å². The van der Waals surface area contributed by atoms with Crippen LogP contribution in [0.2, 0.25) is 0 Å². The average molecular weight is 318 g/mol. The highest BCUT2D eigenvalue weighted by Gasteiger charge is 2.30. The standard InChI is InChI=1S/C13H20BrNO3/c1-5-13(15,8-16-2)9-6-7-10(17-3)11(14)12(9)18-4/h6-7H,5,8,15H2,1-4H3. The topological polar surface area (TPSA) is 53.7 Å². The molecule has 0 radical (unpaired) electrons. The van der Waals surface area contributed by atoms with Crippen LogP contribution in [0.4, 0.5) is 0 Å². The Balaban J connectivity index is 3.35. The van der Waals surface area contributed by atoms with Gasteiger partial charge in [0.15, 0.2) is 0 Å². The number of hydrogen-bond acceptors (Lipinski definition) is 4. The van der Waals surface area contributed by atoms with Gasteiger partial charge in [0.2, 0.25) is 0 Å². The van der Waals surface area contributed by atoms with Gasteiger partial charge in [0.25, 0.3) is 0 Å². The molecule has 1 atom stereocenters. The second-order valence-corrected chi connectivity index (χ2v) is 4.90. The first-order valence-corrected chi connectivity index (χ1v) is 6.52. The zero-order valence-electron chi connectivity index (χ0n) is 11.2. The molecule has 1 unspecified atom stereocenters. The minimum atomic E-state index is -0.575. The van der Waals surface area contributed by atoms with Gasteiger partial charge in [-0.25, -0.2) is 0 Å². The molecule has 0 saturated carbocycles. The summed E-state index contributed by atoms with van der Waals surface area (Å²) in [6, 6.07) is 3.79. The molecule has 0 bridgehead atoms. The molecule has 5 heteroatoms. The van der Waals surface area contributed by atoms with Crippen molar-refractivity contribution in [3.63, 3.8) is 0 Å². The Morgan fingerprint density at radius 1 is 1.22 bits per heavy atom. The first kappa shape index (κ1) is 15.3. The maximum absolute atomic E-state index is 6.40. The minimum absolute atomic E-state index is 0.429. The van der Waals surface area contributed by atoms with Gasteiger partial charge < -0.3 is 19.9 Å². The summed E-state index contributed by atoms with van der Waals surface area (Å²) in [4.78, 5) is 0. The molecule has 0 aromatic heterocycles. The van der Waals surface area contributed by atoms with Crippen LogP contribution in [0, 0.1) is 0 Å². The van der Waals surface area contributed by atoms with E-state index in [9.17, 15) is 0 Å². The Morgan fingerprint density at radius 3 is 2.33 bits per heavy atom. The molecule has 0 fully saturated rings. The number of ether oxygens (including phenoxy) is 3. The zero-order chi connectivity index (χ0) is 13.8. The molecule has 18 heavy (non-hydrogen) atoms. The Labute approximate surface area is 117 Å². The molecule has 0 amide bonds. The summed E-state index contributed by atoms with van der Waals surface area (Å²) in [6.45, 7) is 2.45. The molecule has 0 saturated heterocycles. The highest BCUT2D eigenvalue weighted by atomic mass is 79.9. The molecule has 4 nitrogen and oxygen atoms in total. The van der Waals surface area contributed by atoms with E-state index in [4.69, 9.17) is 19.9 Å². The number of nitrogens with two attached hydrogens (primary N) is 1. The van der Waals surface area contributed by atoms with E-state index < -0.39 is 5.54 Å². The number of benzene rings is 1. The molecule has 1 aromatic rings. The third kappa shape index (κ3) is 2.79. The van der Waals surface area contributed by atoms with Crippen molar-refractivity contribution in [3.05, 3.63) is 22.2 Å². The molecule has 2 N–H and O–H groups in total. The molecule has 0 spiro atoms. The normalized spacial score (nSPS) is 14.1. The molecule has 0 heterocycles. The maximum Gasteiger partial charge on any atom is 0.141 e. The van der Waals surface area contributed by atoms with Crippen LogP contribution in [0.15, 0.2) is 16.6 Å². The van der Waals surface area contributed by atoms with Crippen LogP contribution in [0.5, 0.6) is 11.5 Å². The molecular formula is C13H20BrNO3. The Morgan fingerprint density at radius 2 is 1.89 bits per heavy atom. The predicted molar refractivity (Wildman–Crippen MR) is 75.3 cm³/mol. The molecule has 1 rings (SSSR count). The lowest BCUT2D eigenvalue weighted by atomic mass is 9.88. The van der Waals surface area contributed by atoms with Crippen molar-refractivity contribution in [2.24, 2.45) is 5.73 Å². The smallest absolute Gasteiger partial charge is 0.141 e. The third-order valence-electron chi connectivity index (χ3n) is 3.05. The third-order valence-corrected chi connectivity index (χ3v) is 3.81. The Hall–Kier alpha value is -0.780. The monoisotopic (exact) mass is 317 g/mol. The van der Waals surface area contributed by atoms with Crippen LogP contribution in [0.1, 0.15) is 18.9 Å². The molecule has 0 aliphatic rings. The van der Waals surface area contributed by atoms with Crippen LogP contribution in [-0.4, -0.2) is 27.9 Å². The second-order valence-electron chi connectivity index (χ2n) is 4.11. The van der Waals surface area contributed by atoms with Gasteiger partial charge in [-0.15, -0.1) is 0 Å². The van der Waals surface area contributed by atoms with Gasteiger partial charge in [0.1, 0.15) is 16.0 Å². The van der Waals surface area contributed by atoms with Gasteiger partial charge in [0, 0.05) is 12.7 Å². The SMILES string of the molecule is CCC(N)(COC)c1ccc(OC)c(Br)c1OC. The quantitative estimate of drug-likeness (QED) is 0.876. The zero-order valence-corrected chi connectivity index (χ0v) is 12.8. The van der Waals surface area contributed by atoms with E-state index in [1.165, 1.54) is 0 Å². The van der Waals surface area contributed by atoms with Crippen LogP contribution in [0.25, 0.3) is 0 Å². The van der Waals surface area contributed by atoms with Gasteiger partial charge >= 0.3 is 0 Å². The van der Waals surface area contributed by atoms with E-state index in [0.717, 1.165) is 16.5 Å². The van der Waals surface area contributed by atoms with Crippen LogP contribution >= 0.6 is 15.9 Å². The van der Waals surface area contributed by atoms with E-state index in [-0.39, 0.29) is 0 Å². The van der Waals surface area contributed by atoms with Crippen LogP contribution in [-0.2, 0) is 10.3 Å². The first-order valence-electron chi connectivity index (χ1n) is 5.72. The van der Waals surface area contributed by atoms with Gasteiger partial charge in [-0.1, -0.05) is 6.92 Å². The Kier molecular flexibility index (Phi) is 5.44. The highest BCUT2D eigenvalue weighted by molar-refractivity contribution is 9.10. The molecular weight excluding hydrogens is 298 g/mol. The fourth-order valence-electron chi connectivity index (χ4n) is 1.92. The lowest BCUT2D eigenvalue weighted by molar-refractivity contribution is 0.127. The Bertz CT molecular complexity index is 411. The average Bonchev–Trinajstić information content (AvgIpc) is 2.38. The minimum Gasteiger partial charge on any atom is -0.495 e. The molecule has 0 aliphatic heterocycles. The summed E-state index contributed by atoms with van der Waals surface area (Å²) in [7, 11) is 4.87. The van der Waals surface area contributed by atoms with Gasteiger partial charge in [-0.2, -0.15) is 0 Å². The van der Waals surface area contributed by atoms with Crippen LogP contribution in [0.3, 0.4) is 0 Å². The summed E-state index contributed by atoms with van der Waals surface area (Å²) >= 11 is 3.48. The fourth-order valence-corrected chi connectivity index (χ4v) is 2.58. The van der Waals surface area contributed by atoms with Crippen molar-refractivity contribution in [1.82, 2.24) is 0 Å². The number of methoxy groups -OCH3 is 3. The van der Waals surface area contributed by atoms with E-state index in [0.29, 0.717) is 18.1 Å². The van der Waals surface area contributed by atoms with Crippen molar-refractivity contribution in [2.45, 2.75) is 18.9 Å². The lowest BCUT2D eigenvalue weighted by Crippen LogP contribution is -2.41. The van der Waals surface area contributed by atoms with Crippen molar-refractivity contribution in [1.29, 1.82) is 0 Å². The van der Waals surface area contributed by atoms with Gasteiger partial charge in [-0.05, 0) is 34.5 Å².